The van der Waals surface area contributed by atoms with Gasteiger partial charge in [0, 0.05) is 17.0 Å². The topological polar surface area (TPSA) is 18.5 Å². The molecule has 0 N–H and O–H groups in total. The van der Waals surface area contributed by atoms with E-state index in [1.54, 1.807) is 42.5 Å². The highest BCUT2D eigenvalue weighted by Gasteiger charge is 2.25. The molecule has 0 radical (unpaired) electrons. The molecule has 0 amide bonds. The van der Waals surface area contributed by atoms with Gasteiger partial charge in [-0.2, -0.15) is 0 Å². The number of aryl methyl sites for hydroxylation is 1. The SMILES string of the molecule is CCCCCCCCc1ccc(-c2ccc(-c3ccc(C4OCC(CCCCC)CO4)c(F)c3)cc2)c(F)c1F. The van der Waals surface area contributed by atoms with Crippen LogP contribution in [-0.2, 0) is 15.9 Å². The molecule has 3 aromatic rings. The molecule has 0 aliphatic carbocycles. The molecule has 216 valence electrons. The Morgan fingerprint density at radius 2 is 1.27 bits per heavy atom. The van der Waals surface area contributed by atoms with Crippen LogP contribution >= 0.6 is 0 Å². The number of ether oxygens (including phenoxy) is 2. The minimum atomic E-state index is -0.813. The number of rotatable bonds is 14. The maximum Gasteiger partial charge on any atom is 0.186 e. The van der Waals surface area contributed by atoms with Crippen LogP contribution in [0, 0.1) is 23.4 Å². The average Bonchev–Trinajstić information content (AvgIpc) is 2.98. The molecule has 0 saturated carbocycles. The van der Waals surface area contributed by atoms with Crippen LogP contribution in [0.4, 0.5) is 13.2 Å². The molecule has 1 heterocycles. The number of benzene rings is 3. The summed E-state index contributed by atoms with van der Waals surface area (Å²) in [5, 5.41) is 0. The number of hydrogen-bond acceptors (Lipinski definition) is 2. The highest BCUT2D eigenvalue weighted by atomic mass is 19.2. The van der Waals surface area contributed by atoms with Crippen molar-refractivity contribution in [2.75, 3.05) is 13.2 Å². The van der Waals surface area contributed by atoms with E-state index in [4.69, 9.17) is 9.47 Å². The van der Waals surface area contributed by atoms with Gasteiger partial charge in [0.15, 0.2) is 17.9 Å². The molecule has 0 atom stereocenters. The van der Waals surface area contributed by atoms with Gasteiger partial charge in [-0.25, -0.2) is 13.2 Å². The van der Waals surface area contributed by atoms with E-state index in [-0.39, 0.29) is 11.4 Å². The Labute approximate surface area is 237 Å². The first-order chi connectivity index (χ1) is 19.5. The van der Waals surface area contributed by atoms with E-state index < -0.39 is 17.9 Å². The van der Waals surface area contributed by atoms with Gasteiger partial charge in [0.05, 0.1) is 13.2 Å². The Morgan fingerprint density at radius 3 is 1.98 bits per heavy atom. The largest absolute Gasteiger partial charge is 0.348 e. The lowest BCUT2D eigenvalue weighted by Crippen LogP contribution is -2.27. The molecular weight excluding hydrogens is 509 g/mol. The summed E-state index contributed by atoms with van der Waals surface area (Å²) < 4.78 is 56.5. The summed E-state index contributed by atoms with van der Waals surface area (Å²) >= 11 is 0. The molecule has 4 rings (SSSR count). The van der Waals surface area contributed by atoms with Crippen LogP contribution in [0.5, 0.6) is 0 Å². The van der Waals surface area contributed by atoms with Crippen molar-refractivity contribution in [3.05, 3.63) is 83.2 Å². The highest BCUT2D eigenvalue weighted by Crippen LogP contribution is 2.33. The summed E-state index contributed by atoms with van der Waals surface area (Å²) in [4.78, 5) is 0. The predicted octanol–water partition coefficient (Wildman–Crippen LogP) is 10.6. The second-order valence-electron chi connectivity index (χ2n) is 11.1. The summed E-state index contributed by atoms with van der Waals surface area (Å²) in [7, 11) is 0. The minimum absolute atomic E-state index is 0.233. The summed E-state index contributed by atoms with van der Waals surface area (Å²) in [5.74, 6) is -1.59. The van der Waals surface area contributed by atoms with Crippen molar-refractivity contribution in [3.63, 3.8) is 0 Å². The molecule has 40 heavy (non-hydrogen) atoms. The zero-order valence-corrected chi connectivity index (χ0v) is 24.0. The first-order valence-corrected chi connectivity index (χ1v) is 15.1. The van der Waals surface area contributed by atoms with Gasteiger partial charge in [0.1, 0.15) is 5.82 Å². The van der Waals surface area contributed by atoms with Crippen molar-refractivity contribution in [1.29, 1.82) is 0 Å². The summed E-state index contributed by atoms with van der Waals surface area (Å²) in [6.07, 6.45) is 11.1. The standard InChI is InChI=1S/C35H43F3O2/c1-3-5-7-8-9-11-13-28-18-20-30(34(38)33(28)37)27-16-14-26(15-17-27)29-19-21-31(32(36)22-29)35-39-23-25(24-40-35)12-10-6-4-2/h14-22,25,35H,3-13,23-24H2,1-2H3. The van der Waals surface area contributed by atoms with Crippen LogP contribution in [0.1, 0.15) is 95.5 Å². The van der Waals surface area contributed by atoms with Crippen LogP contribution in [0.25, 0.3) is 22.3 Å². The lowest BCUT2D eigenvalue weighted by atomic mass is 9.97. The Morgan fingerprint density at radius 1 is 0.650 bits per heavy atom. The lowest BCUT2D eigenvalue weighted by Gasteiger charge is -2.30. The smallest absolute Gasteiger partial charge is 0.186 e. The molecule has 3 aromatic carbocycles. The van der Waals surface area contributed by atoms with Gasteiger partial charge in [-0.15, -0.1) is 0 Å². The van der Waals surface area contributed by atoms with Crippen molar-refractivity contribution in [1.82, 2.24) is 0 Å². The van der Waals surface area contributed by atoms with Crippen LogP contribution in [-0.4, -0.2) is 13.2 Å². The third kappa shape index (κ3) is 7.98. The van der Waals surface area contributed by atoms with Crippen LogP contribution < -0.4 is 0 Å². The fraction of sp³-hybridized carbons (Fsp3) is 0.486. The third-order valence-corrected chi connectivity index (χ3v) is 7.93. The molecule has 1 saturated heterocycles. The van der Waals surface area contributed by atoms with Crippen molar-refractivity contribution in [2.24, 2.45) is 5.92 Å². The summed E-state index contributed by atoms with van der Waals surface area (Å²) in [6, 6.07) is 15.5. The van der Waals surface area contributed by atoms with E-state index in [0.29, 0.717) is 47.8 Å². The first-order valence-electron chi connectivity index (χ1n) is 15.1. The van der Waals surface area contributed by atoms with E-state index in [9.17, 15) is 8.78 Å². The van der Waals surface area contributed by atoms with Gasteiger partial charge in [-0.05, 0) is 47.6 Å². The van der Waals surface area contributed by atoms with Gasteiger partial charge >= 0.3 is 0 Å². The number of halogens is 3. The number of hydrogen-bond donors (Lipinski definition) is 0. The second-order valence-corrected chi connectivity index (χ2v) is 11.1. The molecule has 1 aliphatic heterocycles. The highest BCUT2D eigenvalue weighted by molar-refractivity contribution is 5.71. The lowest BCUT2D eigenvalue weighted by molar-refractivity contribution is -0.207. The third-order valence-electron chi connectivity index (χ3n) is 7.93. The van der Waals surface area contributed by atoms with Gasteiger partial charge < -0.3 is 9.47 Å². The maximum absolute atomic E-state index is 15.1. The average molecular weight is 553 g/mol. The van der Waals surface area contributed by atoms with E-state index in [0.717, 1.165) is 37.7 Å². The molecular formula is C35H43F3O2. The van der Waals surface area contributed by atoms with E-state index in [1.807, 2.05) is 6.07 Å². The summed E-state index contributed by atoms with van der Waals surface area (Å²) in [6.45, 7) is 5.51. The zero-order valence-electron chi connectivity index (χ0n) is 24.0. The second kappa shape index (κ2) is 15.4. The molecule has 1 aliphatic rings. The van der Waals surface area contributed by atoms with Gasteiger partial charge in [-0.1, -0.05) is 114 Å². The Balaban J connectivity index is 1.37. The van der Waals surface area contributed by atoms with Gasteiger partial charge in [0.25, 0.3) is 0 Å². The quantitative estimate of drug-likeness (QED) is 0.185. The Bertz CT molecular complexity index is 1200. The van der Waals surface area contributed by atoms with Crippen LogP contribution in [0.15, 0.2) is 54.6 Å². The fourth-order valence-corrected chi connectivity index (χ4v) is 5.41. The zero-order chi connectivity index (χ0) is 28.3. The maximum atomic E-state index is 15.1. The normalized spacial score (nSPS) is 17.3. The van der Waals surface area contributed by atoms with Crippen molar-refractivity contribution in [3.8, 4) is 22.3 Å². The summed E-state index contributed by atoms with van der Waals surface area (Å²) in [5.41, 5.74) is 3.13. The minimum Gasteiger partial charge on any atom is -0.348 e. The van der Waals surface area contributed by atoms with Crippen LogP contribution in [0.2, 0.25) is 0 Å². The van der Waals surface area contributed by atoms with Gasteiger partial charge in [0.2, 0.25) is 0 Å². The van der Waals surface area contributed by atoms with Crippen molar-refractivity contribution < 1.29 is 22.6 Å². The molecule has 1 fully saturated rings. The monoisotopic (exact) mass is 552 g/mol. The van der Waals surface area contributed by atoms with Gasteiger partial charge in [-0.3, -0.25) is 0 Å². The van der Waals surface area contributed by atoms with Crippen LogP contribution in [0.3, 0.4) is 0 Å². The van der Waals surface area contributed by atoms with Crippen molar-refractivity contribution in [2.45, 2.75) is 90.8 Å². The fourth-order valence-electron chi connectivity index (χ4n) is 5.41. The Hall–Kier alpha value is -2.63. The molecule has 0 unspecified atom stereocenters. The molecule has 0 bridgehead atoms. The molecule has 0 aromatic heterocycles. The predicted molar refractivity (Wildman–Crippen MR) is 157 cm³/mol. The van der Waals surface area contributed by atoms with E-state index in [1.165, 1.54) is 38.2 Å². The molecule has 5 heteroatoms. The Kier molecular flexibility index (Phi) is 11.7. The van der Waals surface area contributed by atoms with E-state index in [2.05, 4.69) is 13.8 Å². The number of unbranched alkanes of at least 4 members (excludes halogenated alkanes) is 7. The molecule has 2 nitrogen and oxygen atoms in total. The first kappa shape index (κ1) is 30.3. The molecule has 0 spiro atoms. The van der Waals surface area contributed by atoms with Crippen molar-refractivity contribution >= 4 is 0 Å². The van der Waals surface area contributed by atoms with E-state index >= 15 is 4.39 Å².